The summed E-state index contributed by atoms with van der Waals surface area (Å²) in [5.74, 6) is -0.324. The second kappa shape index (κ2) is 3.94. The molecule has 0 amide bonds. The Morgan fingerprint density at radius 1 is 1.58 bits per heavy atom. The molecule has 12 heavy (non-hydrogen) atoms. The molecule has 0 aliphatic heterocycles. The van der Waals surface area contributed by atoms with Crippen LogP contribution in [0.4, 0.5) is 0 Å². The van der Waals surface area contributed by atoms with E-state index < -0.39 is 15.1 Å². The largest absolute Gasteiger partial charge is 1.00 e. The van der Waals surface area contributed by atoms with E-state index in [0.29, 0.717) is 12.8 Å². The zero-order valence-electron chi connectivity index (χ0n) is 7.28. The van der Waals surface area contributed by atoms with Crippen LogP contribution >= 0.6 is 0 Å². The van der Waals surface area contributed by atoms with E-state index in [2.05, 4.69) is 0 Å². The van der Waals surface area contributed by atoms with E-state index in [1.165, 1.54) is 6.92 Å². The summed E-state index contributed by atoms with van der Waals surface area (Å²) in [6.45, 7) is 1.51. The van der Waals surface area contributed by atoms with Gasteiger partial charge in [0.1, 0.15) is 10.1 Å². The van der Waals surface area contributed by atoms with Crippen molar-refractivity contribution in [2.45, 2.75) is 31.1 Å². The van der Waals surface area contributed by atoms with E-state index in [-0.39, 0.29) is 41.9 Å². The van der Waals surface area contributed by atoms with Crippen LogP contribution in [-0.4, -0.2) is 23.0 Å². The second-order valence-corrected chi connectivity index (χ2v) is 4.54. The van der Waals surface area contributed by atoms with E-state index in [4.69, 9.17) is 0 Å². The first-order valence-electron chi connectivity index (χ1n) is 3.59. The van der Waals surface area contributed by atoms with Crippen molar-refractivity contribution < 1.29 is 47.6 Å². The Morgan fingerprint density at radius 2 is 2.00 bits per heavy atom. The standard InChI is InChI=1S/C6H12O4S.Na/c1-2-6(7,5-3-4-5)11(8,9)10;/h5,7H,2-4H2,1H3,(H,8,9,10);/q;+1/p-1. The molecule has 0 aromatic rings. The second-order valence-electron chi connectivity index (χ2n) is 2.93. The number of rotatable bonds is 3. The van der Waals surface area contributed by atoms with Gasteiger partial charge in [-0.2, -0.15) is 0 Å². The van der Waals surface area contributed by atoms with Gasteiger partial charge in [-0.3, -0.25) is 0 Å². The van der Waals surface area contributed by atoms with Gasteiger partial charge in [-0.15, -0.1) is 0 Å². The molecule has 1 saturated carbocycles. The van der Waals surface area contributed by atoms with E-state index in [1.807, 2.05) is 0 Å². The molecule has 0 heterocycles. The Bertz CT molecular complexity index is 246. The molecule has 0 aromatic carbocycles. The fourth-order valence-corrected chi connectivity index (χ4v) is 2.20. The van der Waals surface area contributed by atoms with Crippen LogP contribution in [0.5, 0.6) is 0 Å². The monoisotopic (exact) mass is 202 g/mol. The average molecular weight is 202 g/mol. The Labute approximate surface area is 94.4 Å². The molecule has 4 nitrogen and oxygen atoms in total. The predicted octanol–water partition coefficient (Wildman–Crippen LogP) is -2.96. The summed E-state index contributed by atoms with van der Waals surface area (Å²) in [5, 5.41) is 9.40. The molecule has 1 aliphatic rings. The Hall–Kier alpha value is 0.870. The molecule has 1 N–H and O–H groups in total. The minimum absolute atomic E-state index is 0. The van der Waals surface area contributed by atoms with Gasteiger partial charge in [0.2, 0.25) is 0 Å². The van der Waals surface area contributed by atoms with Gasteiger partial charge in [0.05, 0.1) is 0 Å². The minimum atomic E-state index is -4.55. The van der Waals surface area contributed by atoms with Gasteiger partial charge < -0.3 is 9.66 Å². The first-order chi connectivity index (χ1) is 4.92. The summed E-state index contributed by atoms with van der Waals surface area (Å²) >= 11 is 0. The average Bonchev–Trinajstić information content (AvgIpc) is 2.64. The molecule has 1 rings (SSSR count). The quantitative estimate of drug-likeness (QED) is 0.392. The van der Waals surface area contributed by atoms with E-state index in [0.717, 1.165) is 0 Å². The normalized spacial score (nSPS) is 22.6. The van der Waals surface area contributed by atoms with Crippen LogP contribution in [0.1, 0.15) is 26.2 Å². The van der Waals surface area contributed by atoms with Crippen molar-refractivity contribution in [2.75, 3.05) is 0 Å². The number of hydrogen-bond acceptors (Lipinski definition) is 4. The molecule has 66 valence electrons. The first-order valence-corrected chi connectivity index (χ1v) is 5.00. The van der Waals surface area contributed by atoms with E-state index in [1.54, 1.807) is 0 Å². The summed E-state index contributed by atoms with van der Waals surface area (Å²) in [6, 6.07) is 0. The van der Waals surface area contributed by atoms with Crippen molar-refractivity contribution in [1.29, 1.82) is 0 Å². The van der Waals surface area contributed by atoms with Gasteiger partial charge in [-0.1, -0.05) is 6.92 Å². The minimum Gasteiger partial charge on any atom is -0.746 e. The fraction of sp³-hybridized carbons (Fsp3) is 1.00. The maximum atomic E-state index is 10.6. The molecule has 0 bridgehead atoms. The Balaban J connectivity index is 0.00000121. The topological polar surface area (TPSA) is 77.4 Å². The van der Waals surface area contributed by atoms with E-state index in [9.17, 15) is 18.1 Å². The molecule has 0 saturated heterocycles. The van der Waals surface area contributed by atoms with Crippen molar-refractivity contribution in [3.05, 3.63) is 0 Å². The maximum Gasteiger partial charge on any atom is 1.00 e. The Kier molecular flexibility index (Phi) is 4.22. The molecule has 0 radical (unpaired) electrons. The molecule has 0 spiro atoms. The zero-order chi connectivity index (χ0) is 8.70. The van der Waals surface area contributed by atoms with Crippen molar-refractivity contribution in [2.24, 2.45) is 5.92 Å². The van der Waals surface area contributed by atoms with Crippen LogP contribution in [0, 0.1) is 5.92 Å². The maximum absolute atomic E-state index is 10.6. The third-order valence-corrected chi connectivity index (χ3v) is 3.64. The first kappa shape index (κ1) is 12.9. The number of hydrogen-bond donors (Lipinski definition) is 1. The van der Waals surface area contributed by atoms with Crippen LogP contribution in [0.15, 0.2) is 0 Å². The van der Waals surface area contributed by atoms with Crippen LogP contribution < -0.4 is 29.6 Å². The molecule has 1 aliphatic carbocycles. The molecule has 1 atom stereocenters. The van der Waals surface area contributed by atoms with Crippen LogP contribution in [0.2, 0.25) is 0 Å². The fourth-order valence-electron chi connectivity index (χ4n) is 1.20. The van der Waals surface area contributed by atoms with Crippen LogP contribution in [0.3, 0.4) is 0 Å². The SMILES string of the molecule is CCC(O)(C1CC1)S(=O)(=O)[O-].[Na+]. The summed E-state index contributed by atoms with van der Waals surface area (Å²) in [7, 11) is -4.55. The summed E-state index contributed by atoms with van der Waals surface area (Å²) in [5.41, 5.74) is 0. The third kappa shape index (κ3) is 2.21. The van der Waals surface area contributed by atoms with Crippen molar-refractivity contribution in [3.8, 4) is 0 Å². The Morgan fingerprint density at radius 3 is 2.08 bits per heavy atom. The molecule has 0 aromatic heterocycles. The van der Waals surface area contributed by atoms with Crippen LogP contribution in [0.25, 0.3) is 0 Å². The zero-order valence-corrected chi connectivity index (χ0v) is 10.1. The third-order valence-electron chi connectivity index (χ3n) is 2.15. The van der Waals surface area contributed by atoms with Gasteiger partial charge in [-0.05, 0) is 19.3 Å². The van der Waals surface area contributed by atoms with Gasteiger partial charge in [0, 0.05) is 5.92 Å². The van der Waals surface area contributed by atoms with Crippen LogP contribution in [-0.2, 0) is 10.1 Å². The summed E-state index contributed by atoms with van der Waals surface area (Å²) in [6.07, 6.45) is 1.28. The van der Waals surface area contributed by atoms with Gasteiger partial charge in [0.15, 0.2) is 4.93 Å². The predicted molar refractivity (Wildman–Crippen MR) is 37.7 cm³/mol. The van der Waals surface area contributed by atoms with Gasteiger partial charge >= 0.3 is 29.6 Å². The molecule has 1 unspecified atom stereocenters. The molecular formula is C6H11NaO4S. The smallest absolute Gasteiger partial charge is 0.746 e. The summed E-state index contributed by atoms with van der Waals surface area (Å²) < 4.78 is 31.7. The molecule has 1 fully saturated rings. The van der Waals surface area contributed by atoms with Crippen molar-refractivity contribution >= 4 is 10.1 Å². The number of aliphatic hydroxyl groups is 1. The molecule has 6 heteroatoms. The van der Waals surface area contributed by atoms with Gasteiger partial charge in [0.25, 0.3) is 0 Å². The summed E-state index contributed by atoms with van der Waals surface area (Å²) in [4.78, 5) is -1.99. The van der Waals surface area contributed by atoms with Gasteiger partial charge in [-0.25, -0.2) is 8.42 Å². The van der Waals surface area contributed by atoms with Crippen molar-refractivity contribution in [3.63, 3.8) is 0 Å². The molecular weight excluding hydrogens is 191 g/mol. The van der Waals surface area contributed by atoms with E-state index >= 15 is 0 Å². The van der Waals surface area contributed by atoms with Crippen molar-refractivity contribution in [1.82, 2.24) is 0 Å².